The Hall–Kier alpha value is -4.49. The van der Waals surface area contributed by atoms with E-state index in [-0.39, 0.29) is 18.5 Å². The molecule has 262 valence electrons. The zero-order valence-corrected chi connectivity index (χ0v) is 27.0. The lowest BCUT2D eigenvalue weighted by Gasteiger charge is -2.33. The molecule has 0 radical (unpaired) electrons. The number of alkyl halides is 6. The third kappa shape index (κ3) is 6.73. The number of hydrogen-bond donors (Lipinski definition) is 1. The van der Waals surface area contributed by atoms with Crippen LogP contribution in [0.15, 0.2) is 42.5 Å². The molecular weight excluding hydrogens is 656 g/mol. The standard InChI is InChI=1S/C35H35F6N3O5/c1-18-11-29(43-9-4-10-43)42-27(30(18)26-15-21(7-8-28(26)48-3)20-5-6-22(12-20)32(45)46)17-44-19(2)31(49-33(44)47)23-13-24(34(36,37)38)16-25(14-23)35(39,40)41/h7-8,11,13-16,19-20,22,31H,4-6,9-10,12,17H2,1-3H3,(H,45,46)/t19?,20?,22-,31?/m1/s1. The molecule has 2 saturated heterocycles. The lowest BCUT2D eigenvalue weighted by molar-refractivity contribution is -0.143. The number of aromatic nitrogens is 1. The Morgan fingerprint density at radius 2 is 1.67 bits per heavy atom. The number of methoxy groups -OCH3 is 1. The van der Waals surface area contributed by atoms with Crippen LogP contribution in [0.4, 0.5) is 37.0 Å². The lowest BCUT2D eigenvalue weighted by atomic mass is 9.90. The highest BCUT2D eigenvalue weighted by molar-refractivity contribution is 5.79. The second-order valence-corrected chi connectivity index (χ2v) is 13.0. The van der Waals surface area contributed by atoms with Gasteiger partial charge >= 0.3 is 24.4 Å². The predicted molar refractivity (Wildman–Crippen MR) is 166 cm³/mol. The van der Waals surface area contributed by atoms with E-state index < -0.39 is 59.2 Å². The number of anilines is 1. The van der Waals surface area contributed by atoms with E-state index in [2.05, 4.69) is 4.90 Å². The highest BCUT2D eigenvalue weighted by Crippen LogP contribution is 2.45. The number of benzene rings is 2. The summed E-state index contributed by atoms with van der Waals surface area (Å²) in [6, 6.07) is 7.83. The van der Waals surface area contributed by atoms with Crippen molar-refractivity contribution in [3.63, 3.8) is 0 Å². The maximum atomic E-state index is 13.7. The van der Waals surface area contributed by atoms with Crippen molar-refractivity contribution in [3.8, 4) is 16.9 Å². The molecule has 49 heavy (non-hydrogen) atoms. The summed E-state index contributed by atoms with van der Waals surface area (Å²) in [6.45, 7) is 4.80. The summed E-state index contributed by atoms with van der Waals surface area (Å²) in [6.07, 6.45) is -9.72. The fourth-order valence-corrected chi connectivity index (χ4v) is 7.06. The van der Waals surface area contributed by atoms with Gasteiger partial charge in [-0.05, 0) is 98.5 Å². The molecule has 2 aromatic carbocycles. The fourth-order valence-electron chi connectivity index (χ4n) is 7.06. The first-order chi connectivity index (χ1) is 23.0. The SMILES string of the molecule is COc1ccc(C2CC[C@@H](C(=O)O)C2)cc1-c1c(C)cc(N2CCC2)nc1CN1C(=O)OC(c2cc(C(F)(F)F)cc(C(F)(F)F)c2)C1C. The molecule has 1 aliphatic carbocycles. The van der Waals surface area contributed by atoms with E-state index in [4.69, 9.17) is 14.5 Å². The minimum Gasteiger partial charge on any atom is -0.496 e. The number of carboxylic acid groups (broad SMARTS) is 1. The van der Waals surface area contributed by atoms with Crippen molar-refractivity contribution in [2.75, 3.05) is 25.1 Å². The molecule has 1 amide bonds. The smallest absolute Gasteiger partial charge is 0.416 e. The summed E-state index contributed by atoms with van der Waals surface area (Å²) >= 11 is 0. The summed E-state index contributed by atoms with van der Waals surface area (Å²) in [5, 5.41) is 9.56. The normalized spacial score (nSPS) is 22.7. The monoisotopic (exact) mass is 691 g/mol. The van der Waals surface area contributed by atoms with Gasteiger partial charge in [-0.15, -0.1) is 0 Å². The molecule has 3 heterocycles. The molecule has 3 aromatic rings. The summed E-state index contributed by atoms with van der Waals surface area (Å²) in [4.78, 5) is 33.3. The topological polar surface area (TPSA) is 92.2 Å². The van der Waals surface area contributed by atoms with Crippen molar-refractivity contribution < 1.29 is 50.5 Å². The largest absolute Gasteiger partial charge is 0.496 e. The highest BCUT2D eigenvalue weighted by atomic mass is 19.4. The number of carbonyl (C=O) groups excluding carboxylic acids is 1. The number of aryl methyl sites for hydroxylation is 1. The maximum Gasteiger partial charge on any atom is 0.416 e. The van der Waals surface area contributed by atoms with Crippen LogP contribution in [0.5, 0.6) is 5.75 Å². The summed E-state index contributed by atoms with van der Waals surface area (Å²) < 4.78 is 93.1. The number of pyridine rings is 1. The van der Waals surface area contributed by atoms with E-state index in [0.29, 0.717) is 59.8 Å². The van der Waals surface area contributed by atoms with Crippen LogP contribution in [0.2, 0.25) is 0 Å². The number of cyclic esters (lactones) is 1. The zero-order chi connectivity index (χ0) is 35.4. The number of nitrogens with zero attached hydrogens (tertiary/aromatic N) is 3. The number of hydrogen-bond acceptors (Lipinski definition) is 6. The Morgan fingerprint density at radius 1 is 1.00 bits per heavy atom. The zero-order valence-electron chi connectivity index (χ0n) is 27.0. The van der Waals surface area contributed by atoms with E-state index in [1.54, 1.807) is 6.07 Å². The van der Waals surface area contributed by atoms with Gasteiger partial charge in [0.2, 0.25) is 0 Å². The molecule has 0 spiro atoms. The van der Waals surface area contributed by atoms with Gasteiger partial charge in [0.25, 0.3) is 0 Å². The van der Waals surface area contributed by atoms with Crippen molar-refractivity contribution in [2.45, 2.75) is 76.5 Å². The molecule has 4 atom stereocenters. The molecule has 14 heteroatoms. The minimum absolute atomic E-state index is 0.00576. The Morgan fingerprint density at radius 3 is 2.22 bits per heavy atom. The molecular formula is C35H35F6N3O5. The Balaban J connectivity index is 1.40. The minimum atomic E-state index is -5.06. The average molecular weight is 692 g/mol. The summed E-state index contributed by atoms with van der Waals surface area (Å²) in [5.74, 6) is -0.0823. The van der Waals surface area contributed by atoms with E-state index >= 15 is 0 Å². The van der Waals surface area contributed by atoms with Crippen LogP contribution in [0.1, 0.15) is 78.1 Å². The van der Waals surface area contributed by atoms with E-state index in [1.807, 2.05) is 25.1 Å². The molecule has 0 bridgehead atoms. The van der Waals surface area contributed by atoms with Gasteiger partial charge in [-0.1, -0.05) is 6.07 Å². The molecule has 8 nitrogen and oxygen atoms in total. The number of carbonyl (C=O) groups is 2. The highest BCUT2D eigenvalue weighted by Gasteiger charge is 2.44. The van der Waals surface area contributed by atoms with Crippen LogP contribution >= 0.6 is 0 Å². The number of aliphatic carboxylic acids is 1. The van der Waals surface area contributed by atoms with Crippen molar-refractivity contribution in [1.82, 2.24) is 9.88 Å². The van der Waals surface area contributed by atoms with Crippen LogP contribution in [-0.2, 0) is 28.4 Å². The quantitative estimate of drug-likeness (QED) is 0.238. The summed E-state index contributed by atoms with van der Waals surface area (Å²) in [7, 11) is 1.51. The molecule has 3 aliphatic rings. The first-order valence-electron chi connectivity index (χ1n) is 16.0. The van der Waals surface area contributed by atoms with E-state index in [0.717, 1.165) is 30.6 Å². The van der Waals surface area contributed by atoms with Gasteiger partial charge < -0.3 is 19.5 Å². The van der Waals surface area contributed by atoms with Gasteiger partial charge in [-0.2, -0.15) is 26.3 Å². The number of carboxylic acids is 1. The van der Waals surface area contributed by atoms with Crippen LogP contribution < -0.4 is 9.64 Å². The Kier molecular flexibility index (Phi) is 8.95. The number of halogens is 6. The molecule has 6 rings (SSSR count). The second-order valence-electron chi connectivity index (χ2n) is 13.0. The van der Waals surface area contributed by atoms with Crippen molar-refractivity contribution in [3.05, 3.63) is 76.0 Å². The van der Waals surface area contributed by atoms with Crippen LogP contribution in [0.3, 0.4) is 0 Å². The Labute approximate surface area is 278 Å². The van der Waals surface area contributed by atoms with E-state index in [9.17, 15) is 41.0 Å². The van der Waals surface area contributed by atoms with Gasteiger partial charge in [-0.25, -0.2) is 9.78 Å². The van der Waals surface area contributed by atoms with Crippen molar-refractivity contribution >= 4 is 17.9 Å². The lowest BCUT2D eigenvalue weighted by Crippen LogP contribution is -2.38. The fraction of sp³-hybridized carbons (Fsp3) is 0.457. The summed E-state index contributed by atoms with van der Waals surface area (Å²) in [5.41, 5.74) is 0.0782. The Bertz CT molecular complexity index is 1740. The molecule has 1 N–H and O–H groups in total. The average Bonchev–Trinajstić information content (AvgIpc) is 3.60. The van der Waals surface area contributed by atoms with Gasteiger partial charge in [-0.3, -0.25) is 9.69 Å². The molecule has 3 fully saturated rings. The first-order valence-corrected chi connectivity index (χ1v) is 16.0. The van der Waals surface area contributed by atoms with Crippen LogP contribution in [0.25, 0.3) is 11.1 Å². The number of rotatable bonds is 8. The maximum absolute atomic E-state index is 13.7. The third-order valence-electron chi connectivity index (χ3n) is 9.85. The molecule has 3 unspecified atom stereocenters. The predicted octanol–water partition coefficient (Wildman–Crippen LogP) is 8.36. The van der Waals surface area contributed by atoms with Gasteiger partial charge in [0.1, 0.15) is 17.7 Å². The van der Waals surface area contributed by atoms with Crippen molar-refractivity contribution in [2.24, 2.45) is 5.92 Å². The molecule has 2 aliphatic heterocycles. The number of ether oxygens (including phenoxy) is 2. The van der Waals surface area contributed by atoms with Crippen LogP contribution in [0, 0.1) is 12.8 Å². The van der Waals surface area contributed by atoms with Gasteiger partial charge in [0, 0.05) is 24.2 Å². The second kappa shape index (κ2) is 12.8. The third-order valence-corrected chi connectivity index (χ3v) is 9.85. The molecule has 1 saturated carbocycles. The van der Waals surface area contributed by atoms with Gasteiger partial charge in [0.05, 0.1) is 42.4 Å². The van der Waals surface area contributed by atoms with Crippen molar-refractivity contribution in [1.29, 1.82) is 0 Å². The molecule has 1 aromatic heterocycles. The number of amides is 1. The van der Waals surface area contributed by atoms with Gasteiger partial charge in [0.15, 0.2) is 0 Å². The van der Waals surface area contributed by atoms with Crippen LogP contribution in [-0.4, -0.2) is 53.3 Å². The van der Waals surface area contributed by atoms with E-state index in [1.165, 1.54) is 18.9 Å². The first kappa shape index (κ1) is 34.4.